The van der Waals surface area contributed by atoms with E-state index >= 15 is 0 Å². The first-order valence-corrected chi connectivity index (χ1v) is 11.2. The Morgan fingerprint density at radius 2 is 1.68 bits per heavy atom. The number of esters is 1. The molecule has 1 heterocycles. The monoisotopic (exact) mass is 480 g/mol. The lowest BCUT2D eigenvalue weighted by molar-refractivity contribution is -0.123. The van der Waals surface area contributed by atoms with Crippen LogP contribution in [0.3, 0.4) is 0 Å². The van der Waals surface area contributed by atoms with Crippen LogP contribution in [0.2, 0.25) is 5.02 Å². The molecule has 5 rings (SSSR count). The number of halogens is 1. The van der Waals surface area contributed by atoms with Crippen molar-refractivity contribution in [1.29, 1.82) is 0 Å². The van der Waals surface area contributed by atoms with E-state index in [0.717, 1.165) is 6.42 Å². The zero-order valence-electron chi connectivity index (χ0n) is 18.2. The summed E-state index contributed by atoms with van der Waals surface area (Å²) in [6, 6.07) is 10.8. The second-order valence-electron chi connectivity index (χ2n) is 8.53. The number of ether oxygens (including phenoxy) is 2. The number of carbonyl (C=O) groups is 4. The summed E-state index contributed by atoms with van der Waals surface area (Å²) in [7, 11) is 1.46. The zero-order valence-corrected chi connectivity index (χ0v) is 19.0. The van der Waals surface area contributed by atoms with Gasteiger partial charge in [0.2, 0.25) is 11.8 Å². The van der Waals surface area contributed by atoms with Crippen LogP contribution in [0.5, 0.6) is 5.75 Å². The molecule has 0 radical (unpaired) electrons. The Kier molecular flexibility index (Phi) is 5.61. The molecule has 2 aliphatic carbocycles. The number of allylic oxidation sites excluding steroid dienone is 2. The van der Waals surface area contributed by atoms with Gasteiger partial charge in [-0.3, -0.25) is 19.3 Å². The van der Waals surface area contributed by atoms with Crippen LogP contribution in [-0.4, -0.2) is 37.4 Å². The molecule has 2 aromatic carbocycles. The highest BCUT2D eigenvalue weighted by molar-refractivity contribution is 6.31. The van der Waals surface area contributed by atoms with Crippen LogP contribution in [0.4, 0.5) is 11.4 Å². The van der Waals surface area contributed by atoms with Gasteiger partial charge in [0.25, 0.3) is 5.91 Å². The number of hydrogen-bond acceptors (Lipinski definition) is 6. The van der Waals surface area contributed by atoms with Crippen LogP contribution in [0.1, 0.15) is 16.8 Å². The summed E-state index contributed by atoms with van der Waals surface area (Å²) in [5.74, 6) is -1.55. The van der Waals surface area contributed by atoms with Gasteiger partial charge in [0.1, 0.15) is 5.75 Å². The quantitative estimate of drug-likeness (QED) is 0.386. The van der Waals surface area contributed by atoms with E-state index in [9.17, 15) is 19.2 Å². The normalized spacial score (nSPS) is 24.4. The van der Waals surface area contributed by atoms with Crippen molar-refractivity contribution in [3.63, 3.8) is 0 Å². The van der Waals surface area contributed by atoms with Gasteiger partial charge in [-0.1, -0.05) is 23.8 Å². The van der Waals surface area contributed by atoms with Crippen LogP contribution >= 0.6 is 11.6 Å². The average Bonchev–Trinajstić information content (AvgIpc) is 3.51. The van der Waals surface area contributed by atoms with Crippen LogP contribution in [0, 0.1) is 23.7 Å². The van der Waals surface area contributed by atoms with Crippen molar-refractivity contribution in [2.75, 3.05) is 23.9 Å². The Balaban J connectivity index is 1.20. The second kappa shape index (κ2) is 8.61. The lowest BCUT2D eigenvalue weighted by atomic mass is 9.85. The maximum atomic E-state index is 12.9. The first-order valence-electron chi connectivity index (χ1n) is 10.8. The van der Waals surface area contributed by atoms with E-state index in [2.05, 4.69) is 5.32 Å². The molecular formula is C25H21ClN2O6. The number of amides is 3. The maximum absolute atomic E-state index is 12.9. The van der Waals surface area contributed by atoms with Gasteiger partial charge in [-0.2, -0.15) is 0 Å². The molecule has 9 heteroatoms. The van der Waals surface area contributed by atoms with Crippen LogP contribution in [0.25, 0.3) is 0 Å². The summed E-state index contributed by atoms with van der Waals surface area (Å²) < 4.78 is 10.3. The fourth-order valence-electron chi connectivity index (χ4n) is 5.08. The second-order valence-corrected chi connectivity index (χ2v) is 8.96. The number of imide groups is 1. The van der Waals surface area contributed by atoms with E-state index in [1.807, 2.05) is 12.2 Å². The maximum Gasteiger partial charge on any atom is 0.338 e. The Morgan fingerprint density at radius 1 is 1.03 bits per heavy atom. The van der Waals surface area contributed by atoms with Crippen molar-refractivity contribution in [2.24, 2.45) is 23.7 Å². The Hall–Kier alpha value is -3.65. The fourth-order valence-corrected chi connectivity index (χ4v) is 5.25. The molecule has 34 heavy (non-hydrogen) atoms. The number of fused-ring (bicyclic) bond motifs is 5. The van der Waals surface area contributed by atoms with Gasteiger partial charge >= 0.3 is 5.97 Å². The number of anilines is 2. The lowest BCUT2D eigenvalue weighted by Gasteiger charge is -2.17. The van der Waals surface area contributed by atoms with Crippen LogP contribution < -0.4 is 15.0 Å². The van der Waals surface area contributed by atoms with E-state index in [4.69, 9.17) is 21.1 Å². The third kappa shape index (κ3) is 3.74. The van der Waals surface area contributed by atoms with E-state index in [1.54, 1.807) is 24.3 Å². The van der Waals surface area contributed by atoms with Crippen molar-refractivity contribution >= 4 is 46.7 Å². The highest BCUT2D eigenvalue weighted by atomic mass is 35.5. The van der Waals surface area contributed by atoms with Gasteiger partial charge in [0.05, 0.1) is 35.9 Å². The highest BCUT2D eigenvalue weighted by Gasteiger charge is 2.59. The summed E-state index contributed by atoms with van der Waals surface area (Å²) in [6.45, 7) is -0.515. The predicted octanol–water partition coefficient (Wildman–Crippen LogP) is 3.46. The summed E-state index contributed by atoms with van der Waals surface area (Å²) >= 11 is 5.95. The number of rotatable bonds is 6. The average molecular weight is 481 g/mol. The van der Waals surface area contributed by atoms with E-state index in [1.165, 1.54) is 30.2 Å². The lowest BCUT2D eigenvalue weighted by Crippen LogP contribution is -2.32. The SMILES string of the molecule is COc1ccc(Cl)cc1NC(=O)COC(=O)c1ccc(N2C(=O)[C@H]3[C@H](C2=O)[C@H]2C=C[C@H]3C2)cc1. The summed E-state index contributed by atoms with van der Waals surface area (Å²) in [6.07, 6.45) is 4.94. The van der Waals surface area contributed by atoms with Gasteiger partial charge in [0.15, 0.2) is 6.61 Å². The molecule has 4 atom stereocenters. The van der Waals surface area contributed by atoms with E-state index in [-0.39, 0.29) is 41.0 Å². The van der Waals surface area contributed by atoms with Gasteiger partial charge in [-0.05, 0) is 60.7 Å². The molecule has 8 nitrogen and oxygen atoms in total. The largest absolute Gasteiger partial charge is 0.495 e. The molecule has 2 fully saturated rings. The standard InChI is InChI=1S/C25H21ClN2O6/c1-33-19-9-6-16(26)11-18(19)27-20(29)12-34-25(32)13-4-7-17(8-5-13)28-23(30)21-14-2-3-15(10-14)22(21)24(28)31/h2-9,11,14-15,21-22H,10,12H2,1H3,(H,27,29)/t14-,15-,21+,22+/m0/s1. The summed E-state index contributed by atoms with van der Waals surface area (Å²) in [5, 5.41) is 3.00. The van der Waals surface area contributed by atoms with Gasteiger partial charge in [0, 0.05) is 5.02 Å². The van der Waals surface area contributed by atoms with Gasteiger partial charge in [-0.15, -0.1) is 0 Å². The molecule has 3 amide bonds. The number of nitrogens with one attached hydrogen (secondary N) is 1. The third-order valence-electron chi connectivity index (χ3n) is 6.60. The highest BCUT2D eigenvalue weighted by Crippen LogP contribution is 2.53. The molecular weight excluding hydrogens is 460 g/mol. The molecule has 174 valence electrons. The van der Waals surface area contributed by atoms with Crippen molar-refractivity contribution in [3.8, 4) is 5.75 Å². The molecule has 2 bridgehead atoms. The molecule has 1 aliphatic heterocycles. The Labute approximate surface area is 200 Å². The molecule has 2 aromatic rings. The minimum Gasteiger partial charge on any atom is -0.495 e. The van der Waals surface area contributed by atoms with Crippen molar-refractivity contribution in [1.82, 2.24) is 0 Å². The van der Waals surface area contributed by atoms with Gasteiger partial charge < -0.3 is 14.8 Å². The molecule has 1 N–H and O–H groups in total. The molecule has 1 saturated carbocycles. The van der Waals surface area contributed by atoms with Crippen LogP contribution in [-0.2, 0) is 19.1 Å². The Morgan fingerprint density at radius 3 is 2.29 bits per heavy atom. The first kappa shape index (κ1) is 22.2. The molecule has 0 aromatic heterocycles. The predicted molar refractivity (Wildman–Crippen MR) is 124 cm³/mol. The smallest absolute Gasteiger partial charge is 0.338 e. The molecule has 3 aliphatic rings. The fraction of sp³-hybridized carbons (Fsp3) is 0.280. The number of nitrogens with zero attached hydrogens (tertiary/aromatic N) is 1. The Bertz CT molecular complexity index is 1190. The van der Waals surface area contributed by atoms with Crippen molar-refractivity contribution in [2.45, 2.75) is 6.42 Å². The molecule has 0 spiro atoms. The van der Waals surface area contributed by atoms with E-state index in [0.29, 0.717) is 22.1 Å². The minimum absolute atomic E-state index is 0.128. The van der Waals surface area contributed by atoms with Crippen molar-refractivity contribution < 1.29 is 28.7 Å². The van der Waals surface area contributed by atoms with Crippen molar-refractivity contribution in [3.05, 3.63) is 65.2 Å². The molecule has 0 unspecified atom stereocenters. The number of methoxy groups -OCH3 is 1. The number of hydrogen-bond donors (Lipinski definition) is 1. The van der Waals surface area contributed by atoms with Gasteiger partial charge in [-0.25, -0.2) is 4.79 Å². The number of benzene rings is 2. The topological polar surface area (TPSA) is 102 Å². The number of carbonyl (C=O) groups excluding carboxylic acids is 4. The van der Waals surface area contributed by atoms with E-state index < -0.39 is 18.5 Å². The molecule has 1 saturated heterocycles. The summed E-state index contributed by atoms with van der Waals surface area (Å²) in [5.41, 5.74) is 0.970. The minimum atomic E-state index is -0.710. The van der Waals surface area contributed by atoms with Crippen LogP contribution in [0.15, 0.2) is 54.6 Å². The first-order chi connectivity index (χ1) is 16.4. The third-order valence-corrected chi connectivity index (χ3v) is 6.84. The zero-order chi connectivity index (χ0) is 24.0. The summed E-state index contributed by atoms with van der Waals surface area (Å²) in [4.78, 5) is 51.7.